The number of ether oxygens (including phenoxy) is 1. The lowest BCUT2D eigenvalue weighted by Crippen LogP contribution is -2.12. The van der Waals surface area contributed by atoms with Crippen molar-refractivity contribution in [2.45, 2.75) is 45.4 Å². The van der Waals surface area contributed by atoms with Gasteiger partial charge in [-0.2, -0.15) is 0 Å². The van der Waals surface area contributed by atoms with Crippen molar-refractivity contribution < 1.29 is 14.6 Å². The van der Waals surface area contributed by atoms with Crippen LogP contribution < -0.4 is 10.5 Å². The fourth-order valence-corrected chi connectivity index (χ4v) is 3.00. The van der Waals surface area contributed by atoms with Gasteiger partial charge in [-0.15, -0.1) is 0 Å². The first-order valence-electron chi connectivity index (χ1n) is 9.31. The maximum absolute atomic E-state index is 11.1. The van der Waals surface area contributed by atoms with Gasteiger partial charge in [-0.3, -0.25) is 4.79 Å². The van der Waals surface area contributed by atoms with E-state index < -0.39 is 12.1 Å². The molecule has 2 heterocycles. The average Bonchev–Trinajstić information content (AvgIpc) is 3.29. The fourth-order valence-electron chi connectivity index (χ4n) is 3.00. The quantitative estimate of drug-likeness (QED) is 0.536. The van der Waals surface area contributed by atoms with Crippen molar-refractivity contribution in [2.75, 3.05) is 6.61 Å². The van der Waals surface area contributed by atoms with Gasteiger partial charge in [0.1, 0.15) is 17.7 Å². The van der Waals surface area contributed by atoms with E-state index in [-0.39, 0.29) is 5.69 Å². The number of aryl methyl sites for hydroxylation is 1. The number of amides is 1. The van der Waals surface area contributed by atoms with Crippen molar-refractivity contribution in [1.82, 2.24) is 14.1 Å². The molecular formula is C20H26N4O3. The summed E-state index contributed by atoms with van der Waals surface area (Å²) in [5.74, 6) is 0.282. The second-order valence-electron chi connectivity index (χ2n) is 6.62. The fraction of sp³-hybridized carbons (Fsp3) is 0.400. The molecule has 144 valence electrons. The number of carbonyl (C=O) groups is 1. The molecule has 0 saturated carbocycles. The second kappa shape index (κ2) is 8.73. The van der Waals surface area contributed by atoms with Crippen LogP contribution in [0.25, 0.3) is 10.9 Å². The van der Waals surface area contributed by atoms with Crippen molar-refractivity contribution in [1.29, 1.82) is 0 Å². The lowest BCUT2D eigenvalue weighted by molar-refractivity contribution is 0.0905. The maximum atomic E-state index is 11.1. The average molecular weight is 370 g/mol. The van der Waals surface area contributed by atoms with Crippen LogP contribution in [0.5, 0.6) is 5.75 Å². The van der Waals surface area contributed by atoms with Crippen LogP contribution in [0.2, 0.25) is 0 Å². The largest absolute Gasteiger partial charge is 0.494 e. The first-order chi connectivity index (χ1) is 13.1. The molecule has 1 amide bonds. The minimum atomic E-state index is -0.736. The smallest absolute Gasteiger partial charge is 0.268 e. The van der Waals surface area contributed by atoms with Crippen LogP contribution in [0, 0.1) is 0 Å². The number of benzene rings is 1. The van der Waals surface area contributed by atoms with E-state index in [1.54, 1.807) is 0 Å². The first-order valence-corrected chi connectivity index (χ1v) is 9.31. The van der Waals surface area contributed by atoms with Crippen molar-refractivity contribution in [3.05, 3.63) is 48.7 Å². The molecule has 0 spiro atoms. The number of aliphatic hydroxyl groups is 1. The van der Waals surface area contributed by atoms with Gasteiger partial charge in [0.25, 0.3) is 5.91 Å². The monoisotopic (exact) mass is 370 g/mol. The molecule has 0 aliphatic rings. The van der Waals surface area contributed by atoms with Crippen LogP contribution in [0.3, 0.4) is 0 Å². The second-order valence-corrected chi connectivity index (χ2v) is 6.62. The number of nitrogens with two attached hydrogens (primary N) is 1. The van der Waals surface area contributed by atoms with Gasteiger partial charge in [-0.1, -0.05) is 13.3 Å². The van der Waals surface area contributed by atoms with Crippen molar-refractivity contribution in [3.63, 3.8) is 0 Å². The minimum absolute atomic E-state index is 0.154. The number of rotatable bonds is 10. The number of hydrogen-bond donors (Lipinski definition) is 2. The third kappa shape index (κ3) is 4.68. The summed E-state index contributed by atoms with van der Waals surface area (Å²) in [6.07, 6.45) is 7.68. The standard InChI is InChI=1S/C20H26N4O3/c1-2-3-11-27-16-7-6-15-8-10-23(18(15)12-16)9-4-5-19(25)24-13-17(20(21)26)22-14-24/h6-8,10,12-14,19,25H,2-5,9,11H2,1H3,(H2,21,26). The summed E-state index contributed by atoms with van der Waals surface area (Å²) < 4.78 is 9.47. The highest BCUT2D eigenvalue weighted by Crippen LogP contribution is 2.23. The molecule has 1 unspecified atom stereocenters. The summed E-state index contributed by atoms with van der Waals surface area (Å²) in [6.45, 7) is 3.65. The number of unbranched alkanes of at least 4 members (excludes halogenated alkanes) is 1. The number of imidazole rings is 1. The molecule has 0 aliphatic heterocycles. The zero-order valence-electron chi connectivity index (χ0n) is 15.5. The number of hydrogen-bond acceptors (Lipinski definition) is 4. The van der Waals surface area contributed by atoms with E-state index in [1.165, 1.54) is 22.5 Å². The molecular weight excluding hydrogens is 344 g/mol. The predicted molar refractivity (Wildman–Crippen MR) is 104 cm³/mol. The topological polar surface area (TPSA) is 95.3 Å². The van der Waals surface area contributed by atoms with E-state index >= 15 is 0 Å². The summed E-state index contributed by atoms with van der Waals surface area (Å²) in [4.78, 5) is 15.0. The Hall–Kier alpha value is -2.80. The molecule has 27 heavy (non-hydrogen) atoms. The zero-order chi connectivity index (χ0) is 19.2. The molecule has 0 saturated heterocycles. The number of aliphatic hydroxyl groups excluding tert-OH is 1. The highest BCUT2D eigenvalue weighted by atomic mass is 16.5. The highest BCUT2D eigenvalue weighted by Gasteiger charge is 2.11. The number of nitrogens with zero attached hydrogens (tertiary/aromatic N) is 3. The first kappa shape index (κ1) is 19.0. The van der Waals surface area contributed by atoms with E-state index in [2.05, 4.69) is 40.9 Å². The summed E-state index contributed by atoms with van der Waals surface area (Å²) in [5.41, 5.74) is 6.46. The van der Waals surface area contributed by atoms with Gasteiger partial charge >= 0.3 is 0 Å². The molecule has 3 aromatic rings. The van der Waals surface area contributed by atoms with Gasteiger partial charge in [-0.25, -0.2) is 4.98 Å². The van der Waals surface area contributed by atoms with Crippen LogP contribution in [0.15, 0.2) is 43.0 Å². The summed E-state index contributed by atoms with van der Waals surface area (Å²) >= 11 is 0. The molecule has 2 aromatic heterocycles. The Balaban J connectivity index is 1.59. The molecule has 7 nitrogen and oxygen atoms in total. The molecule has 3 rings (SSSR count). The third-order valence-electron chi connectivity index (χ3n) is 4.57. The van der Waals surface area contributed by atoms with E-state index in [4.69, 9.17) is 10.5 Å². The zero-order valence-corrected chi connectivity index (χ0v) is 15.5. The molecule has 7 heteroatoms. The number of fused-ring (bicyclic) bond motifs is 1. The van der Waals surface area contributed by atoms with Gasteiger partial charge in [0.15, 0.2) is 0 Å². The highest BCUT2D eigenvalue weighted by molar-refractivity contribution is 5.90. The van der Waals surface area contributed by atoms with E-state index in [0.29, 0.717) is 6.42 Å². The van der Waals surface area contributed by atoms with Crippen LogP contribution in [-0.2, 0) is 6.54 Å². The molecule has 1 atom stereocenters. The Morgan fingerprint density at radius 3 is 2.93 bits per heavy atom. The maximum Gasteiger partial charge on any atom is 0.268 e. The Labute approximate surface area is 158 Å². The van der Waals surface area contributed by atoms with Crippen molar-refractivity contribution >= 4 is 16.8 Å². The molecule has 1 aromatic carbocycles. The Morgan fingerprint density at radius 2 is 2.19 bits per heavy atom. The molecule has 0 bridgehead atoms. The van der Waals surface area contributed by atoms with E-state index in [9.17, 15) is 9.90 Å². The normalized spacial score (nSPS) is 12.4. The molecule has 0 radical (unpaired) electrons. The van der Waals surface area contributed by atoms with E-state index in [1.807, 2.05) is 6.07 Å². The Morgan fingerprint density at radius 1 is 1.33 bits per heavy atom. The van der Waals surface area contributed by atoms with Crippen molar-refractivity contribution in [3.8, 4) is 5.75 Å². The van der Waals surface area contributed by atoms with Crippen LogP contribution >= 0.6 is 0 Å². The molecule has 0 fully saturated rings. The van der Waals surface area contributed by atoms with Gasteiger partial charge in [-0.05, 0) is 42.8 Å². The van der Waals surface area contributed by atoms with Gasteiger partial charge < -0.3 is 24.7 Å². The summed E-state index contributed by atoms with van der Waals surface area (Å²) in [6, 6.07) is 8.22. The third-order valence-corrected chi connectivity index (χ3v) is 4.57. The SMILES string of the molecule is CCCCOc1ccc2ccn(CCCC(O)n3cnc(C(N)=O)c3)c2c1. The summed E-state index contributed by atoms with van der Waals surface area (Å²) in [7, 11) is 0. The predicted octanol–water partition coefficient (Wildman–Crippen LogP) is 3.09. The van der Waals surface area contributed by atoms with Gasteiger partial charge in [0.05, 0.1) is 18.5 Å². The van der Waals surface area contributed by atoms with Gasteiger partial charge in [0.2, 0.25) is 0 Å². The van der Waals surface area contributed by atoms with Crippen LogP contribution in [0.4, 0.5) is 0 Å². The lowest BCUT2D eigenvalue weighted by atomic mass is 10.2. The molecule has 0 aliphatic carbocycles. The summed E-state index contributed by atoms with van der Waals surface area (Å²) in [5, 5.41) is 11.4. The minimum Gasteiger partial charge on any atom is -0.494 e. The number of aromatic nitrogens is 3. The molecule has 3 N–H and O–H groups in total. The van der Waals surface area contributed by atoms with E-state index in [0.717, 1.165) is 43.7 Å². The van der Waals surface area contributed by atoms with Crippen LogP contribution in [0.1, 0.15) is 49.3 Å². The Kier molecular flexibility index (Phi) is 6.13. The Bertz CT molecular complexity index is 900. The van der Waals surface area contributed by atoms with Crippen molar-refractivity contribution in [2.24, 2.45) is 5.73 Å². The number of primary amides is 1. The van der Waals surface area contributed by atoms with Gasteiger partial charge in [0, 0.05) is 25.0 Å². The lowest BCUT2D eigenvalue weighted by Gasteiger charge is -2.13. The number of carbonyl (C=O) groups excluding carboxylic acids is 1. The van der Waals surface area contributed by atoms with Crippen LogP contribution in [-0.4, -0.2) is 31.7 Å².